The molecule has 2 heterocycles. The predicted molar refractivity (Wildman–Crippen MR) is 88.4 cm³/mol. The standard InChI is InChI=1S/C15H26N6O3/c1-15(2,3)9-21-7-6-17-13(23)10(21)8-12(22)16-5-4-11-18-14(24)20-19-11/h10H,4-9H2,1-3H3,(H,16,22)(H,17,23)(H2,18,19,20,24). The SMILES string of the molecule is CC(C)(C)CN1CCNC(=O)C1CC(=O)NCCc1n[nH]c(=O)[nH]1. The van der Waals surface area contributed by atoms with E-state index in [0.717, 1.165) is 13.1 Å². The van der Waals surface area contributed by atoms with Gasteiger partial charge < -0.3 is 10.6 Å². The molecule has 9 heteroatoms. The van der Waals surface area contributed by atoms with Crippen LogP contribution in [0.3, 0.4) is 0 Å². The molecule has 134 valence electrons. The molecule has 4 N–H and O–H groups in total. The number of carbonyl (C=O) groups is 2. The molecule has 0 aromatic carbocycles. The Kier molecular flexibility index (Phi) is 5.76. The van der Waals surface area contributed by atoms with Gasteiger partial charge in [0, 0.05) is 32.6 Å². The molecule has 2 rings (SSSR count). The van der Waals surface area contributed by atoms with Crippen molar-refractivity contribution in [2.24, 2.45) is 5.41 Å². The van der Waals surface area contributed by atoms with Crippen LogP contribution < -0.4 is 16.3 Å². The molecule has 1 aromatic rings. The van der Waals surface area contributed by atoms with Crippen LogP contribution in [0.5, 0.6) is 0 Å². The minimum Gasteiger partial charge on any atom is -0.356 e. The average Bonchev–Trinajstić information content (AvgIpc) is 2.87. The van der Waals surface area contributed by atoms with Crippen LogP contribution in [-0.2, 0) is 16.0 Å². The first kappa shape index (κ1) is 18.2. The van der Waals surface area contributed by atoms with E-state index in [-0.39, 0.29) is 29.3 Å². The molecular formula is C15H26N6O3. The van der Waals surface area contributed by atoms with E-state index in [0.29, 0.717) is 25.3 Å². The van der Waals surface area contributed by atoms with Crippen LogP contribution in [0, 0.1) is 5.41 Å². The Morgan fingerprint density at radius 2 is 2.12 bits per heavy atom. The minimum absolute atomic E-state index is 0.0537. The van der Waals surface area contributed by atoms with Gasteiger partial charge in [-0.1, -0.05) is 20.8 Å². The van der Waals surface area contributed by atoms with Crippen LogP contribution in [0.15, 0.2) is 4.79 Å². The van der Waals surface area contributed by atoms with Crippen LogP contribution in [0.1, 0.15) is 33.0 Å². The summed E-state index contributed by atoms with van der Waals surface area (Å²) >= 11 is 0. The molecule has 1 unspecified atom stereocenters. The Bertz CT molecular complexity index is 630. The van der Waals surface area contributed by atoms with E-state index < -0.39 is 6.04 Å². The second kappa shape index (κ2) is 7.61. The normalized spacial score (nSPS) is 19.1. The highest BCUT2D eigenvalue weighted by molar-refractivity contribution is 5.88. The van der Waals surface area contributed by atoms with E-state index in [2.05, 4.69) is 51.5 Å². The molecule has 1 aliphatic rings. The number of aromatic nitrogens is 3. The summed E-state index contributed by atoms with van der Waals surface area (Å²) in [4.78, 5) is 39.8. The van der Waals surface area contributed by atoms with Crippen molar-refractivity contribution in [2.75, 3.05) is 26.2 Å². The third kappa shape index (κ3) is 5.48. The van der Waals surface area contributed by atoms with Crippen molar-refractivity contribution in [2.45, 2.75) is 39.7 Å². The molecule has 1 aliphatic heterocycles. The zero-order valence-corrected chi connectivity index (χ0v) is 14.4. The zero-order chi connectivity index (χ0) is 17.7. The Balaban J connectivity index is 1.84. The topological polar surface area (TPSA) is 123 Å². The third-order valence-electron chi connectivity index (χ3n) is 3.73. The second-order valence-corrected chi connectivity index (χ2v) is 7.27. The maximum absolute atomic E-state index is 12.1. The summed E-state index contributed by atoms with van der Waals surface area (Å²) in [7, 11) is 0. The summed E-state index contributed by atoms with van der Waals surface area (Å²) in [6.07, 6.45) is 0.548. The van der Waals surface area contributed by atoms with Crippen molar-refractivity contribution < 1.29 is 9.59 Å². The van der Waals surface area contributed by atoms with Gasteiger partial charge in [-0.2, -0.15) is 5.10 Å². The number of nitrogens with zero attached hydrogens (tertiary/aromatic N) is 2. The average molecular weight is 338 g/mol. The Labute approximate surface area is 140 Å². The van der Waals surface area contributed by atoms with Crippen LogP contribution >= 0.6 is 0 Å². The molecular weight excluding hydrogens is 312 g/mol. The van der Waals surface area contributed by atoms with Gasteiger partial charge >= 0.3 is 5.69 Å². The van der Waals surface area contributed by atoms with Crippen molar-refractivity contribution in [3.05, 3.63) is 16.3 Å². The molecule has 2 amide bonds. The monoisotopic (exact) mass is 338 g/mol. The first-order valence-electron chi connectivity index (χ1n) is 8.16. The third-order valence-corrected chi connectivity index (χ3v) is 3.73. The Morgan fingerprint density at radius 1 is 1.38 bits per heavy atom. The van der Waals surface area contributed by atoms with Gasteiger partial charge in [0.15, 0.2) is 0 Å². The molecule has 24 heavy (non-hydrogen) atoms. The number of H-pyrrole nitrogens is 2. The molecule has 0 aliphatic carbocycles. The van der Waals surface area contributed by atoms with Crippen molar-refractivity contribution in [1.29, 1.82) is 0 Å². The smallest absolute Gasteiger partial charge is 0.340 e. The molecule has 0 spiro atoms. The van der Waals surface area contributed by atoms with Crippen LogP contribution in [-0.4, -0.2) is 64.1 Å². The zero-order valence-electron chi connectivity index (χ0n) is 14.4. The molecule has 0 radical (unpaired) electrons. The van der Waals surface area contributed by atoms with Gasteiger partial charge in [-0.05, 0) is 5.41 Å². The van der Waals surface area contributed by atoms with Gasteiger partial charge in [-0.15, -0.1) is 0 Å². The summed E-state index contributed by atoms with van der Waals surface area (Å²) in [6, 6.07) is -0.442. The minimum atomic E-state index is -0.442. The quantitative estimate of drug-likeness (QED) is 0.529. The molecule has 1 atom stereocenters. The predicted octanol–water partition coefficient (Wildman–Crippen LogP) is -1.01. The van der Waals surface area contributed by atoms with Gasteiger partial charge in [-0.25, -0.2) is 9.89 Å². The van der Waals surface area contributed by atoms with E-state index >= 15 is 0 Å². The van der Waals surface area contributed by atoms with Crippen molar-refractivity contribution in [3.8, 4) is 0 Å². The van der Waals surface area contributed by atoms with Crippen LogP contribution in [0.4, 0.5) is 0 Å². The van der Waals surface area contributed by atoms with E-state index in [1.165, 1.54) is 0 Å². The number of amides is 2. The maximum atomic E-state index is 12.1. The lowest BCUT2D eigenvalue weighted by atomic mass is 9.94. The fourth-order valence-corrected chi connectivity index (χ4v) is 2.77. The van der Waals surface area contributed by atoms with E-state index in [1.54, 1.807) is 0 Å². The first-order valence-corrected chi connectivity index (χ1v) is 8.16. The fourth-order valence-electron chi connectivity index (χ4n) is 2.77. The van der Waals surface area contributed by atoms with Gasteiger partial charge in [0.2, 0.25) is 11.8 Å². The van der Waals surface area contributed by atoms with Crippen LogP contribution in [0.2, 0.25) is 0 Å². The molecule has 0 saturated carbocycles. The van der Waals surface area contributed by atoms with Crippen molar-refractivity contribution in [3.63, 3.8) is 0 Å². The van der Waals surface area contributed by atoms with Crippen molar-refractivity contribution >= 4 is 11.8 Å². The summed E-state index contributed by atoms with van der Waals surface area (Å²) in [6.45, 7) is 8.80. The first-order chi connectivity index (χ1) is 11.2. The van der Waals surface area contributed by atoms with E-state index in [1.807, 2.05) is 0 Å². The highest BCUT2D eigenvalue weighted by atomic mass is 16.2. The number of aromatic amines is 2. The molecule has 0 bridgehead atoms. The number of carbonyl (C=O) groups excluding carboxylic acids is 2. The van der Waals surface area contributed by atoms with E-state index in [9.17, 15) is 14.4 Å². The fraction of sp³-hybridized carbons (Fsp3) is 0.733. The largest absolute Gasteiger partial charge is 0.356 e. The van der Waals surface area contributed by atoms with Crippen LogP contribution in [0.25, 0.3) is 0 Å². The number of hydrogen-bond donors (Lipinski definition) is 4. The molecule has 1 fully saturated rings. The van der Waals surface area contributed by atoms with E-state index in [4.69, 9.17) is 0 Å². The molecule has 1 aromatic heterocycles. The second-order valence-electron chi connectivity index (χ2n) is 7.27. The van der Waals surface area contributed by atoms with Gasteiger partial charge in [0.25, 0.3) is 0 Å². The summed E-state index contributed by atoms with van der Waals surface area (Å²) in [5, 5.41) is 11.6. The number of rotatable bonds is 6. The van der Waals surface area contributed by atoms with Gasteiger partial charge in [0.05, 0.1) is 12.5 Å². The lowest BCUT2D eigenvalue weighted by Gasteiger charge is -2.38. The summed E-state index contributed by atoms with van der Waals surface area (Å²) < 4.78 is 0. The number of piperazine rings is 1. The summed E-state index contributed by atoms with van der Waals surface area (Å²) in [5.41, 5.74) is -0.314. The molecule has 9 nitrogen and oxygen atoms in total. The number of nitrogens with one attached hydrogen (secondary N) is 4. The van der Waals surface area contributed by atoms with Gasteiger partial charge in [0.1, 0.15) is 5.82 Å². The lowest BCUT2D eigenvalue weighted by Crippen LogP contribution is -2.58. The molecule has 1 saturated heterocycles. The summed E-state index contributed by atoms with van der Waals surface area (Å²) in [5.74, 6) is 0.205. The highest BCUT2D eigenvalue weighted by Crippen LogP contribution is 2.19. The maximum Gasteiger partial charge on any atom is 0.340 e. The lowest BCUT2D eigenvalue weighted by molar-refractivity contribution is -0.134. The Morgan fingerprint density at radius 3 is 2.75 bits per heavy atom. The van der Waals surface area contributed by atoms with Crippen molar-refractivity contribution in [1.82, 2.24) is 30.7 Å². The van der Waals surface area contributed by atoms with Gasteiger partial charge in [-0.3, -0.25) is 19.5 Å². The number of hydrogen-bond acceptors (Lipinski definition) is 5. The highest BCUT2D eigenvalue weighted by Gasteiger charge is 2.33. The Hall–Kier alpha value is -2.16.